The number of carbonyl (C=O) groups excluding carboxylic acids is 1. The third kappa shape index (κ3) is 3.53. The maximum absolute atomic E-state index is 13.3. The molecular formula is C16H17ClF2N2OS. The lowest BCUT2D eigenvalue weighted by atomic mass is 9.93. The highest BCUT2D eigenvalue weighted by Crippen LogP contribution is 2.28. The topological polar surface area (TPSA) is 34.4 Å². The number of amides is 1. The third-order valence-corrected chi connectivity index (χ3v) is 5.40. The van der Waals surface area contributed by atoms with E-state index in [1.165, 1.54) is 11.3 Å². The van der Waals surface area contributed by atoms with Gasteiger partial charge in [0.05, 0.1) is 10.6 Å². The fourth-order valence-corrected chi connectivity index (χ4v) is 3.56. The first-order valence-electron chi connectivity index (χ1n) is 6.93. The SMILES string of the molecule is Cc1c(C(C)(C)C)sc(=NC(=O)c2cc(F)c(F)cc2Cl)n1C. The number of hydrogen-bond acceptors (Lipinski definition) is 2. The normalized spacial score (nSPS) is 12.8. The van der Waals surface area contributed by atoms with E-state index in [0.29, 0.717) is 4.80 Å². The lowest BCUT2D eigenvalue weighted by molar-refractivity contribution is 0.0997. The molecule has 0 aliphatic carbocycles. The Labute approximate surface area is 142 Å². The number of rotatable bonds is 1. The van der Waals surface area contributed by atoms with Gasteiger partial charge in [0.25, 0.3) is 5.91 Å². The number of aromatic nitrogens is 1. The summed E-state index contributed by atoms with van der Waals surface area (Å²) in [5.74, 6) is -2.93. The molecule has 0 aliphatic rings. The zero-order valence-electron chi connectivity index (χ0n) is 13.5. The van der Waals surface area contributed by atoms with Crippen molar-refractivity contribution >= 4 is 28.8 Å². The van der Waals surface area contributed by atoms with Crippen molar-refractivity contribution in [3.8, 4) is 0 Å². The van der Waals surface area contributed by atoms with Gasteiger partial charge in [0, 0.05) is 17.6 Å². The Bertz CT molecular complexity index is 847. The van der Waals surface area contributed by atoms with Crippen LogP contribution in [0.3, 0.4) is 0 Å². The summed E-state index contributed by atoms with van der Waals surface area (Å²) in [4.78, 5) is 17.9. The molecule has 7 heteroatoms. The summed E-state index contributed by atoms with van der Waals surface area (Å²) in [5.41, 5.74) is 0.766. The quantitative estimate of drug-likeness (QED) is 0.697. The minimum Gasteiger partial charge on any atom is -0.324 e. The van der Waals surface area contributed by atoms with Crippen LogP contribution in [-0.4, -0.2) is 10.5 Å². The molecule has 0 saturated carbocycles. The van der Waals surface area contributed by atoms with Gasteiger partial charge in [-0.05, 0) is 24.5 Å². The van der Waals surface area contributed by atoms with E-state index < -0.39 is 17.5 Å². The van der Waals surface area contributed by atoms with E-state index in [1.54, 1.807) is 11.6 Å². The molecule has 0 unspecified atom stereocenters. The van der Waals surface area contributed by atoms with E-state index in [1.807, 2.05) is 6.92 Å². The van der Waals surface area contributed by atoms with Gasteiger partial charge in [-0.25, -0.2) is 8.78 Å². The van der Waals surface area contributed by atoms with Crippen LogP contribution in [0.5, 0.6) is 0 Å². The number of hydrogen-bond donors (Lipinski definition) is 0. The summed E-state index contributed by atoms with van der Waals surface area (Å²) in [7, 11) is 1.81. The van der Waals surface area contributed by atoms with Gasteiger partial charge in [-0.2, -0.15) is 4.99 Å². The fraction of sp³-hybridized carbons (Fsp3) is 0.375. The van der Waals surface area contributed by atoms with Gasteiger partial charge in [0.1, 0.15) is 0 Å². The van der Waals surface area contributed by atoms with Crippen molar-refractivity contribution in [2.24, 2.45) is 12.0 Å². The van der Waals surface area contributed by atoms with Crippen molar-refractivity contribution in [1.82, 2.24) is 4.57 Å². The molecule has 0 radical (unpaired) electrons. The van der Waals surface area contributed by atoms with Crippen LogP contribution < -0.4 is 4.80 Å². The third-order valence-electron chi connectivity index (χ3n) is 3.43. The minimum absolute atomic E-state index is 0.0804. The van der Waals surface area contributed by atoms with Crippen LogP contribution in [0.4, 0.5) is 8.78 Å². The molecule has 0 fully saturated rings. The van der Waals surface area contributed by atoms with Gasteiger partial charge >= 0.3 is 0 Å². The number of carbonyl (C=O) groups is 1. The second-order valence-electron chi connectivity index (χ2n) is 6.27. The monoisotopic (exact) mass is 358 g/mol. The summed E-state index contributed by atoms with van der Waals surface area (Å²) in [6.07, 6.45) is 0. The van der Waals surface area contributed by atoms with Crippen LogP contribution >= 0.6 is 22.9 Å². The number of nitrogens with zero attached hydrogens (tertiary/aromatic N) is 2. The van der Waals surface area contributed by atoms with Crippen LogP contribution in [0.2, 0.25) is 5.02 Å². The Balaban J connectivity index is 2.55. The highest BCUT2D eigenvalue weighted by atomic mass is 35.5. The second kappa shape index (κ2) is 6.17. The van der Waals surface area contributed by atoms with Crippen molar-refractivity contribution < 1.29 is 13.6 Å². The molecule has 0 bridgehead atoms. The van der Waals surface area contributed by atoms with E-state index in [2.05, 4.69) is 25.8 Å². The molecule has 1 aromatic carbocycles. The maximum atomic E-state index is 13.3. The maximum Gasteiger partial charge on any atom is 0.281 e. The van der Waals surface area contributed by atoms with Crippen molar-refractivity contribution in [3.05, 3.63) is 49.7 Å². The first-order valence-corrected chi connectivity index (χ1v) is 8.12. The lowest BCUT2D eigenvalue weighted by Crippen LogP contribution is -2.15. The molecule has 2 aromatic rings. The molecule has 124 valence electrons. The summed E-state index contributed by atoms with van der Waals surface area (Å²) < 4.78 is 28.2. The number of benzene rings is 1. The van der Waals surface area contributed by atoms with Crippen molar-refractivity contribution in [1.29, 1.82) is 0 Å². The molecule has 1 heterocycles. The molecule has 1 amide bonds. The molecule has 0 saturated heterocycles. The van der Waals surface area contributed by atoms with Crippen LogP contribution in [0.25, 0.3) is 0 Å². The number of thiazole rings is 1. The van der Waals surface area contributed by atoms with E-state index in [4.69, 9.17) is 11.6 Å². The van der Waals surface area contributed by atoms with Gasteiger partial charge in [-0.1, -0.05) is 32.4 Å². The van der Waals surface area contributed by atoms with Crippen LogP contribution in [0.1, 0.15) is 41.7 Å². The first kappa shape index (κ1) is 17.8. The molecule has 3 nitrogen and oxygen atoms in total. The van der Waals surface area contributed by atoms with Gasteiger partial charge < -0.3 is 4.57 Å². The summed E-state index contributed by atoms with van der Waals surface area (Å²) in [6.45, 7) is 8.17. The largest absolute Gasteiger partial charge is 0.324 e. The first-order chi connectivity index (χ1) is 10.5. The predicted octanol–water partition coefficient (Wildman–Crippen LogP) is 4.37. The summed E-state index contributed by atoms with van der Waals surface area (Å²) >= 11 is 7.21. The molecular weight excluding hydrogens is 342 g/mol. The van der Waals surface area contributed by atoms with Crippen LogP contribution in [-0.2, 0) is 12.5 Å². The van der Waals surface area contributed by atoms with Gasteiger partial charge in [-0.15, -0.1) is 11.3 Å². The minimum atomic E-state index is -1.13. The Morgan fingerprint density at radius 1 is 1.26 bits per heavy atom. The standard InChI is InChI=1S/C16H17ClF2N2OS/c1-8-13(16(2,3)4)23-15(21(8)5)20-14(22)9-6-11(18)12(19)7-10(9)17/h6-7H,1-5H3. The highest BCUT2D eigenvalue weighted by Gasteiger charge is 2.21. The molecule has 23 heavy (non-hydrogen) atoms. The highest BCUT2D eigenvalue weighted by molar-refractivity contribution is 7.09. The van der Waals surface area contributed by atoms with Gasteiger partial charge in [0.15, 0.2) is 16.4 Å². The summed E-state index contributed by atoms with van der Waals surface area (Å²) in [5, 5.41) is -0.162. The zero-order valence-corrected chi connectivity index (χ0v) is 15.1. The van der Waals surface area contributed by atoms with Gasteiger partial charge in [-0.3, -0.25) is 4.79 Å². The van der Waals surface area contributed by atoms with E-state index >= 15 is 0 Å². The Kier molecular flexibility index (Phi) is 4.78. The lowest BCUT2D eigenvalue weighted by Gasteiger charge is -2.17. The van der Waals surface area contributed by atoms with E-state index in [9.17, 15) is 13.6 Å². The van der Waals surface area contributed by atoms with Crippen LogP contribution in [0, 0.1) is 18.6 Å². The molecule has 0 atom stereocenters. The van der Waals surface area contributed by atoms with E-state index in [0.717, 1.165) is 22.7 Å². The average Bonchev–Trinajstić information content (AvgIpc) is 2.71. The van der Waals surface area contributed by atoms with Crippen LogP contribution in [0.15, 0.2) is 17.1 Å². The molecule has 2 rings (SSSR count). The fourth-order valence-electron chi connectivity index (χ4n) is 2.16. The molecule has 0 spiro atoms. The Hall–Kier alpha value is -1.53. The van der Waals surface area contributed by atoms with Crippen molar-refractivity contribution in [3.63, 3.8) is 0 Å². The molecule has 1 aromatic heterocycles. The summed E-state index contributed by atoms with van der Waals surface area (Å²) in [6, 6.07) is 1.55. The molecule has 0 N–H and O–H groups in total. The Morgan fingerprint density at radius 2 is 1.83 bits per heavy atom. The van der Waals surface area contributed by atoms with E-state index in [-0.39, 0.29) is 16.0 Å². The number of halogens is 3. The average molecular weight is 359 g/mol. The Morgan fingerprint density at radius 3 is 2.35 bits per heavy atom. The zero-order chi connectivity index (χ0) is 17.5. The van der Waals surface area contributed by atoms with Crippen molar-refractivity contribution in [2.45, 2.75) is 33.1 Å². The van der Waals surface area contributed by atoms with Gasteiger partial charge in [0.2, 0.25) is 0 Å². The molecule has 0 aliphatic heterocycles. The predicted molar refractivity (Wildman–Crippen MR) is 88.0 cm³/mol. The smallest absolute Gasteiger partial charge is 0.281 e. The van der Waals surface area contributed by atoms with Crippen molar-refractivity contribution in [2.75, 3.05) is 0 Å². The second-order valence-corrected chi connectivity index (χ2v) is 7.66.